The maximum atomic E-state index is 11.5. The van der Waals surface area contributed by atoms with Crippen LogP contribution in [-0.2, 0) is 14.8 Å². The van der Waals surface area contributed by atoms with E-state index >= 15 is 0 Å². The van der Waals surface area contributed by atoms with Crippen LogP contribution in [0, 0.1) is 5.92 Å². The summed E-state index contributed by atoms with van der Waals surface area (Å²) in [6.07, 6.45) is 3.61. The molecule has 0 radical (unpaired) electrons. The molecule has 0 aliphatic carbocycles. The molecule has 10 heteroatoms. The SMILES string of the molecule is CN=C(NCC(C)(C)NS(C)(=O)=O)N1CCC(CC(=O)NC)CC1.I. The predicted octanol–water partition coefficient (Wildman–Crippen LogP) is 0.356. The molecule has 1 rings (SSSR count). The summed E-state index contributed by atoms with van der Waals surface area (Å²) in [5, 5.41) is 5.91. The van der Waals surface area contributed by atoms with E-state index in [0.29, 0.717) is 18.9 Å². The van der Waals surface area contributed by atoms with Crippen molar-refractivity contribution in [3.8, 4) is 0 Å². The van der Waals surface area contributed by atoms with Gasteiger partial charge in [0.2, 0.25) is 15.9 Å². The first kappa shape index (κ1) is 24.4. The number of hydrogen-bond donors (Lipinski definition) is 3. The first-order valence-corrected chi connectivity index (χ1v) is 10.1. The number of aliphatic imine (C=N–C) groups is 1. The molecule has 1 heterocycles. The van der Waals surface area contributed by atoms with Crippen LogP contribution >= 0.6 is 24.0 Å². The Balaban J connectivity index is 0.00000576. The lowest BCUT2D eigenvalue weighted by atomic mass is 9.93. The molecule has 0 atom stereocenters. The number of sulfonamides is 1. The molecule has 1 fully saturated rings. The Labute approximate surface area is 168 Å². The molecular formula is C15H32IN5O3S. The van der Waals surface area contributed by atoms with Gasteiger partial charge in [0.25, 0.3) is 0 Å². The Kier molecular flexibility index (Phi) is 10.2. The fraction of sp³-hybridized carbons (Fsp3) is 0.867. The molecule has 0 saturated carbocycles. The number of carbonyl (C=O) groups is 1. The van der Waals surface area contributed by atoms with E-state index in [0.717, 1.165) is 38.1 Å². The zero-order chi connectivity index (χ0) is 18.4. The average Bonchev–Trinajstić information content (AvgIpc) is 2.46. The fourth-order valence-corrected chi connectivity index (χ4v) is 3.96. The normalized spacial score (nSPS) is 17.0. The molecule has 0 aromatic rings. The largest absolute Gasteiger partial charge is 0.359 e. The van der Waals surface area contributed by atoms with Gasteiger partial charge in [0.1, 0.15) is 0 Å². The molecule has 8 nitrogen and oxygen atoms in total. The quantitative estimate of drug-likeness (QED) is 0.284. The zero-order valence-corrected chi connectivity index (χ0v) is 18.9. The van der Waals surface area contributed by atoms with Gasteiger partial charge in [-0.3, -0.25) is 9.79 Å². The number of piperidine rings is 1. The third-order valence-corrected chi connectivity index (χ3v) is 4.95. The minimum atomic E-state index is -3.26. The number of rotatable bonds is 6. The van der Waals surface area contributed by atoms with Crippen LogP contribution in [-0.4, -0.2) is 70.7 Å². The van der Waals surface area contributed by atoms with E-state index in [1.54, 1.807) is 14.1 Å². The van der Waals surface area contributed by atoms with E-state index in [-0.39, 0.29) is 29.9 Å². The van der Waals surface area contributed by atoms with E-state index in [1.165, 1.54) is 0 Å². The van der Waals surface area contributed by atoms with Crippen LogP contribution in [0.25, 0.3) is 0 Å². The molecule has 1 aliphatic rings. The number of hydrogen-bond acceptors (Lipinski definition) is 4. The minimum absolute atomic E-state index is 0. The Bertz CT molecular complexity index is 558. The number of likely N-dealkylation sites (tertiary alicyclic amines) is 1. The van der Waals surface area contributed by atoms with Gasteiger partial charge in [-0.15, -0.1) is 24.0 Å². The predicted molar refractivity (Wildman–Crippen MR) is 112 cm³/mol. The van der Waals surface area contributed by atoms with Crippen molar-refractivity contribution in [1.82, 2.24) is 20.3 Å². The summed E-state index contributed by atoms with van der Waals surface area (Å²) in [7, 11) is 0.116. The molecule has 1 saturated heterocycles. The van der Waals surface area contributed by atoms with Crippen molar-refractivity contribution < 1.29 is 13.2 Å². The minimum Gasteiger partial charge on any atom is -0.359 e. The first-order chi connectivity index (χ1) is 11.1. The van der Waals surface area contributed by atoms with Crippen LogP contribution < -0.4 is 15.4 Å². The third kappa shape index (κ3) is 9.59. The number of amides is 1. The summed E-state index contributed by atoms with van der Waals surface area (Å²) >= 11 is 0. The number of guanidine groups is 1. The van der Waals surface area contributed by atoms with Gasteiger partial charge < -0.3 is 15.5 Å². The molecule has 0 spiro atoms. The first-order valence-electron chi connectivity index (χ1n) is 8.21. The number of carbonyl (C=O) groups excluding carboxylic acids is 1. The van der Waals surface area contributed by atoms with Crippen molar-refractivity contribution in [1.29, 1.82) is 0 Å². The summed E-state index contributed by atoms with van der Waals surface area (Å²) in [4.78, 5) is 17.9. The molecular weight excluding hydrogens is 457 g/mol. The van der Waals surface area contributed by atoms with Crippen LogP contribution in [0.4, 0.5) is 0 Å². The maximum absolute atomic E-state index is 11.5. The maximum Gasteiger partial charge on any atom is 0.220 e. The lowest BCUT2D eigenvalue weighted by Crippen LogP contribution is -2.54. The van der Waals surface area contributed by atoms with Crippen molar-refractivity contribution in [2.24, 2.45) is 10.9 Å². The zero-order valence-electron chi connectivity index (χ0n) is 15.8. The second-order valence-electron chi connectivity index (χ2n) is 6.97. The van der Waals surface area contributed by atoms with E-state index in [9.17, 15) is 13.2 Å². The highest BCUT2D eigenvalue weighted by Crippen LogP contribution is 2.20. The third-order valence-electron chi connectivity index (χ3n) is 4.03. The van der Waals surface area contributed by atoms with E-state index < -0.39 is 15.6 Å². The molecule has 25 heavy (non-hydrogen) atoms. The Morgan fingerprint density at radius 1 is 1.28 bits per heavy atom. The van der Waals surface area contributed by atoms with Gasteiger partial charge in [-0.05, 0) is 32.6 Å². The van der Waals surface area contributed by atoms with Crippen LogP contribution in [0.1, 0.15) is 33.1 Å². The lowest BCUT2D eigenvalue weighted by Gasteiger charge is -2.35. The van der Waals surface area contributed by atoms with Gasteiger partial charge in [-0.2, -0.15) is 0 Å². The van der Waals surface area contributed by atoms with Gasteiger partial charge in [-0.25, -0.2) is 13.1 Å². The van der Waals surface area contributed by atoms with Gasteiger partial charge in [0.15, 0.2) is 5.96 Å². The number of nitrogens with one attached hydrogen (secondary N) is 3. The van der Waals surface area contributed by atoms with Crippen LogP contribution in [0.15, 0.2) is 4.99 Å². The van der Waals surface area contributed by atoms with Crippen molar-refractivity contribution >= 4 is 45.9 Å². The lowest BCUT2D eigenvalue weighted by molar-refractivity contribution is -0.121. The Morgan fingerprint density at radius 3 is 2.28 bits per heavy atom. The van der Waals surface area contributed by atoms with Crippen molar-refractivity contribution in [3.63, 3.8) is 0 Å². The van der Waals surface area contributed by atoms with Crippen molar-refractivity contribution in [2.45, 2.75) is 38.6 Å². The van der Waals surface area contributed by atoms with Crippen molar-refractivity contribution in [2.75, 3.05) is 40.0 Å². The molecule has 3 N–H and O–H groups in total. The highest BCUT2D eigenvalue weighted by molar-refractivity contribution is 14.0. The molecule has 1 aliphatic heterocycles. The molecule has 0 aromatic heterocycles. The number of halogens is 1. The summed E-state index contributed by atoms with van der Waals surface area (Å²) in [5.74, 6) is 1.25. The molecule has 148 valence electrons. The van der Waals surface area contributed by atoms with Gasteiger partial charge in [0, 0.05) is 45.7 Å². The topological polar surface area (TPSA) is 103 Å². The number of nitrogens with zero attached hydrogens (tertiary/aromatic N) is 2. The van der Waals surface area contributed by atoms with Crippen LogP contribution in [0.3, 0.4) is 0 Å². The highest BCUT2D eigenvalue weighted by atomic mass is 127. The smallest absolute Gasteiger partial charge is 0.220 e. The molecule has 0 unspecified atom stereocenters. The second kappa shape index (κ2) is 10.5. The van der Waals surface area contributed by atoms with Crippen LogP contribution in [0.5, 0.6) is 0 Å². The van der Waals surface area contributed by atoms with Gasteiger partial charge in [-0.1, -0.05) is 0 Å². The van der Waals surface area contributed by atoms with Gasteiger partial charge in [0.05, 0.1) is 6.26 Å². The molecule has 0 bridgehead atoms. The summed E-state index contributed by atoms with van der Waals surface area (Å²) in [6.45, 7) is 5.75. The van der Waals surface area contributed by atoms with Crippen molar-refractivity contribution in [3.05, 3.63) is 0 Å². The highest BCUT2D eigenvalue weighted by Gasteiger charge is 2.26. The Hall–Kier alpha value is -0.620. The van der Waals surface area contributed by atoms with E-state index in [4.69, 9.17) is 0 Å². The standard InChI is InChI=1S/C15H31N5O3S.HI/c1-15(2,19-24(5,22)23)11-18-14(17-4)20-8-6-12(7-9-20)10-13(21)16-3;/h12,19H,6-11H2,1-5H3,(H,16,21)(H,17,18);1H. The van der Waals surface area contributed by atoms with Gasteiger partial charge >= 0.3 is 0 Å². The second-order valence-corrected chi connectivity index (χ2v) is 8.72. The summed E-state index contributed by atoms with van der Waals surface area (Å²) < 4.78 is 25.4. The summed E-state index contributed by atoms with van der Waals surface area (Å²) in [5.41, 5.74) is -0.610. The van der Waals surface area contributed by atoms with E-state index in [2.05, 4.69) is 25.2 Å². The Morgan fingerprint density at radius 2 is 1.84 bits per heavy atom. The van der Waals surface area contributed by atoms with E-state index in [1.807, 2.05) is 13.8 Å². The average molecular weight is 489 g/mol. The molecule has 1 amide bonds. The summed E-state index contributed by atoms with van der Waals surface area (Å²) in [6, 6.07) is 0. The monoisotopic (exact) mass is 489 g/mol. The van der Waals surface area contributed by atoms with Crippen LogP contribution in [0.2, 0.25) is 0 Å². The molecule has 0 aromatic carbocycles. The fourth-order valence-electron chi connectivity index (χ4n) is 2.88.